The lowest BCUT2D eigenvalue weighted by Gasteiger charge is -2.33. The summed E-state index contributed by atoms with van der Waals surface area (Å²) in [6.45, 7) is 4.88. The molecular weight excluding hydrogens is 192 g/mol. The molecule has 0 aromatic heterocycles. The van der Waals surface area contributed by atoms with Gasteiger partial charge in [0.1, 0.15) is 0 Å². The van der Waals surface area contributed by atoms with Gasteiger partial charge in [0.25, 0.3) is 5.91 Å². The second-order valence-corrected chi connectivity index (χ2v) is 4.42. The number of carbonyl (C=O) groups is 1. The summed E-state index contributed by atoms with van der Waals surface area (Å²) in [5.41, 5.74) is 2.99. The zero-order valence-corrected chi connectivity index (χ0v) is 9.33. The van der Waals surface area contributed by atoms with Crippen LogP contribution in [0.3, 0.4) is 0 Å². The van der Waals surface area contributed by atoms with Crippen LogP contribution in [0.4, 0.5) is 0 Å². The summed E-state index contributed by atoms with van der Waals surface area (Å²) < 4.78 is 0. The van der Waals surface area contributed by atoms with E-state index in [2.05, 4.69) is 22.7 Å². The predicted octanol–water partition coefficient (Wildman–Crippen LogP) is -0.983. The molecule has 0 aromatic carbocycles. The molecule has 1 atom stereocenters. The van der Waals surface area contributed by atoms with Gasteiger partial charge in [-0.25, -0.2) is 5.01 Å². The van der Waals surface area contributed by atoms with Crippen molar-refractivity contribution in [2.45, 2.75) is 18.9 Å². The molecule has 0 spiro atoms. The quantitative estimate of drug-likeness (QED) is 0.617. The fourth-order valence-electron chi connectivity index (χ4n) is 2.06. The third kappa shape index (κ3) is 2.90. The van der Waals surface area contributed by atoms with E-state index in [9.17, 15) is 4.79 Å². The summed E-state index contributed by atoms with van der Waals surface area (Å²) in [5, 5.41) is 5.24. The van der Waals surface area contributed by atoms with Gasteiger partial charge in [-0.2, -0.15) is 0 Å². The Labute approximate surface area is 90.8 Å². The Balaban J connectivity index is 1.74. The molecule has 0 bridgehead atoms. The van der Waals surface area contributed by atoms with Crippen LogP contribution in [0.5, 0.6) is 0 Å². The highest BCUT2D eigenvalue weighted by Gasteiger charge is 2.24. The molecule has 0 aliphatic carbocycles. The monoisotopic (exact) mass is 212 g/mol. The van der Waals surface area contributed by atoms with Gasteiger partial charge < -0.3 is 10.2 Å². The number of piperazine rings is 1. The maximum Gasteiger partial charge on any atom is 0.251 e. The number of hydrogen-bond donors (Lipinski definition) is 2. The molecule has 15 heavy (non-hydrogen) atoms. The third-order valence-electron chi connectivity index (χ3n) is 3.15. The van der Waals surface area contributed by atoms with Gasteiger partial charge in [0.05, 0.1) is 6.04 Å². The van der Waals surface area contributed by atoms with E-state index in [1.54, 1.807) is 0 Å². The van der Waals surface area contributed by atoms with Gasteiger partial charge in [-0.05, 0) is 26.4 Å². The standard InChI is InChI=1S/C10H20N4O/c1-13-5-7-14(8-6-13)12-10(15)9-3-2-4-11-9/h9,11H,2-8H2,1H3,(H,12,15)/t9-/m0/s1. The van der Waals surface area contributed by atoms with Crippen LogP contribution in [-0.2, 0) is 4.79 Å². The Hall–Kier alpha value is -0.650. The summed E-state index contributed by atoms with van der Waals surface area (Å²) in [6, 6.07) is 0.0321. The second-order valence-electron chi connectivity index (χ2n) is 4.42. The maximum absolute atomic E-state index is 11.8. The molecule has 2 fully saturated rings. The van der Waals surface area contributed by atoms with E-state index >= 15 is 0 Å². The molecule has 0 unspecified atom stereocenters. The summed E-state index contributed by atoms with van der Waals surface area (Å²) >= 11 is 0. The van der Waals surface area contributed by atoms with Gasteiger partial charge in [-0.1, -0.05) is 0 Å². The molecule has 5 nitrogen and oxygen atoms in total. The molecule has 86 valence electrons. The Morgan fingerprint density at radius 3 is 2.67 bits per heavy atom. The first-order chi connectivity index (χ1) is 7.25. The predicted molar refractivity (Wildman–Crippen MR) is 58.2 cm³/mol. The van der Waals surface area contributed by atoms with Crippen molar-refractivity contribution in [1.29, 1.82) is 0 Å². The molecule has 0 saturated carbocycles. The first-order valence-electron chi connectivity index (χ1n) is 5.73. The van der Waals surface area contributed by atoms with Crippen LogP contribution >= 0.6 is 0 Å². The molecule has 2 rings (SSSR count). The minimum Gasteiger partial charge on any atom is -0.306 e. The van der Waals surface area contributed by atoms with Crippen molar-refractivity contribution in [2.75, 3.05) is 39.8 Å². The Kier molecular flexibility index (Phi) is 3.56. The molecule has 2 aliphatic heterocycles. The van der Waals surface area contributed by atoms with Crippen molar-refractivity contribution in [3.05, 3.63) is 0 Å². The largest absolute Gasteiger partial charge is 0.306 e. The Morgan fingerprint density at radius 1 is 1.33 bits per heavy atom. The molecule has 0 aromatic rings. The fraction of sp³-hybridized carbons (Fsp3) is 0.900. The van der Waals surface area contributed by atoms with Crippen LogP contribution in [0.25, 0.3) is 0 Å². The van der Waals surface area contributed by atoms with Crippen molar-refractivity contribution >= 4 is 5.91 Å². The van der Waals surface area contributed by atoms with Crippen molar-refractivity contribution < 1.29 is 4.79 Å². The maximum atomic E-state index is 11.8. The molecule has 0 radical (unpaired) electrons. The van der Waals surface area contributed by atoms with E-state index in [1.807, 2.05) is 5.01 Å². The highest BCUT2D eigenvalue weighted by molar-refractivity contribution is 5.81. The Bertz CT molecular complexity index is 219. The first kappa shape index (κ1) is 10.9. The number of nitrogens with zero attached hydrogens (tertiary/aromatic N) is 2. The number of hydrogen-bond acceptors (Lipinski definition) is 4. The smallest absolute Gasteiger partial charge is 0.251 e. The molecular formula is C10H20N4O. The summed E-state index contributed by atoms with van der Waals surface area (Å²) in [6.07, 6.45) is 2.08. The van der Waals surface area contributed by atoms with Gasteiger partial charge >= 0.3 is 0 Å². The molecule has 2 saturated heterocycles. The highest BCUT2D eigenvalue weighted by atomic mass is 16.2. The van der Waals surface area contributed by atoms with Gasteiger partial charge in [-0.3, -0.25) is 10.2 Å². The molecule has 5 heteroatoms. The van der Waals surface area contributed by atoms with Crippen molar-refractivity contribution in [3.63, 3.8) is 0 Å². The SMILES string of the molecule is CN1CCN(NC(=O)[C@@H]2CCCN2)CC1. The number of hydrazine groups is 1. The zero-order valence-electron chi connectivity index (χ0n) is 9.33. The van der Waals surface area contributed by atoms with E-state index in [1.165, 1.54) is 0 Å². The number of carbonyl (C=O) groups excluding carboxylic acids is 1. The lowest BCUT2D eigenvalue weighted by Crippen LogP contribution is -2.55. The minimum atomic E-state index is 0.0321. The summed E-state index contributed by atoms with van der Waals surface area (Å²) in [4.78, 5) is 14.0. The van der Waals surface area contributed by atoms with E-state index < -0.39 is 0 Å². The average molecular weight is 212 g/mol. The van der Waals surface area contributed by atoms with Crippen molar-refractivity contribution in [2.24, 2.45) is 0 Å². The van der Waals surface area contributed by atoms with Gasteiger partial charge in [0, 0.05) is 26.2 Å². The van der Waals surface area contributed by atoms with Crippen LogP contribution in [0.1, 0.15) is 12.8 Å². The summed E-state index contributed by atoms with van der Waals surface area (Å²) in [5.74, 6) is 0.136. The van der Waals surface area contributed by atoms with Crippen LogP contribution in [0.2, 0.25) is 0 Å². The fourth-order valence-corrected chi connectivity index (χ4v) is 2.06. The van der Waals surface area contributed by atoms with Gasteiger partial charge in [0.2, 0.25) is 0 Å². The van der Waals surface area contributed by atoms with Crippen LogP contribution in [0, 0.1) is 0 Å². The molecule has 2 heterocycles. The van der Waals surface area contributed by atoms with Crippen LogP contribution in [-0.4, -0.2) is 61.6 Å². The average Bonchev–Trinajstić information content (AvgIpc) is 2.74. The third-order valence-corrected chi connectivity index (χ3v) is 3.15. The first-order valence-corrected chi connectivity index (χ1v) is 5.73. The van der Waals surface area contributed by atoms with E-state index in [0.29, 0.717) is 0 Å². The lowest BCUT2D eigenvalue weighted by molar-refractivity contribution is -0.128. The minimum absolute atomic E-state index is 0.0321. The number of rotatable bonds is 2. The van der Waals surface area contributed by atoms with Crippen LogP contribution in [0.15, 0.2) is 0 Å². The Morgan fingerprint density at radius 2 is 2.07 bits per heavy atom. The number of nitrogens with one attached hydrogen (secondary N) is 2. The summed E-state index contributed by atoms with van der Waals surface area (Å²) in [7, 11) is 2.11. The lowest BCUT2D eigenvalue weighted by atomic mass is 10.2. The highest BCUT2D eigenvalue weighted by Crippen LogP contribution is 2.05. The van der Waals surface area contributed by atoms with Crippen LogP contribution < -0.4 is 10.7 Å². The van der Waals surface area contributed by atoms with Gasteiger partial charge in [0.15, 0.2) is 0 Å². The van der Waals surface area contributed by atoms with E-state index in [-0.39, 0.29) is 11.9 Å². The van der Waals surface area contributed by atoms with E-state index in [4.69, 9.17) is 0 Å². The van der Waals surface area contributed by atoms with E-state index in [0.717, 1.165) is 45.6 Å². The zero-order chi connectivity index (χ0) is 10.7. The van der Waals surface area contributed by atoms with Crippen molar-refractivity contribution in [3.8, 4) is 0 Å². The number of likely N-dealkylation sites (N-methyl/N-ethyl adjacent to an activating group) is 1. The number of amides is 1. The molecule has 1 amide bonds. The second kappa shape index (κ2) is 4.92. The van der Waals surface area contributed by atoms with Gasteiger partial charge in [-0.15, -0.1) is 0 Å². The molecule has 2 N–H and O–H groups in total. The normalized spacial score (nSPS) is 29.3. The molecule has 2 aliphatic rings. The topological polar surface area (TPSA) is 47.6 Å². The van der Waals surface area contributed by atoms with Crippen molar-refractivity contribution in [1.82, 2.24) is 20.7 Å².